The van der Waals surface area contributed by atoms with Crippen LogP contribution in [0, 0.1) is 5.92 Å². The number of hydrogen-bond acceptors (Lipinski definition) is 4. The molecule has 0 spiro atoms. The van der Waals surface area contributed by atoms with Crippen LogP contribution in [0.25, 0.3) is 0 Å². The molecule has 2 N–H and O–H groups in total. The molecular formula is C20H31N3O3. The van der Waals surface area contributed by atoms with Crippen LogP contribution < -0.4 is 15.5 Å². The molecule has 26 heavy (non-hydrogen) atoms. The molecule has 1 aliphatic carbocycles. The summed E-state index contributed by atoms with van der Waals surface area (Å²) >= 11 is 0. The van der Waals surface area contributed by atoms with Crippen LogP contribution in [0.15, 0.2) is 18.2 Å². The van der Waals surface area contributed by atoms with E-state index in [9.17, 15) is 9.59 Å². The molecule has 1 fully saturated rings. The van der Waals surface area contributed by atoms with Crippen LogP contribution in [0.2, 0.25) is 0 Å². The lowest BCUT2D eigenvalue weighted by Gasteiger charge is -2.18. The predicted molar refractivity (Wildman–Crippen MR) is 105 cm³/mol. The van der Waals surface area contributed by atoms with Gasteiger partial charge in [-0.15, -0.1) is 0 Å². The number of anilines is 2. The van der Waals surface area contributed by atoms with Crippen molar-refractivity contribution in [3.05, 3.63) is 23.8 Å². The molecule has 0 radical (unpaired) electrons. The lowest BCUT2D eigenvalue weighted by atomic mass is 10.0. The largest absolute Gasteiger partial charge is 0.383 e. The Morgan fingerprint density at radius 2 is 1.96 bits per heavy atom. The molecular weight excluding hydrogens is 330 g/mol. The van der Waals surface area contributed by atoms with Crippen molar-refractivity contribution in [2.24, 2.45) is 5.92 Å². The molecule has 2 rings (SSSR count). The van der Waals surface area contributed by atoms with Crippen LogP contribution in [-0.2, 0) is 9.53 Å². The number of hydrogen-bond donors (Lipinski definition) is 2. The number of carbonyl (C=O) groups is 2. The zero-order valence-electron chi connectivity index (χ0n) is 16.1. The summed E-state index contributed by atoms with van der Waals surface area (Å²) in [6, 6.07) is 5.44. The highest BCUT2D eigenvalue weighted by atomic mass is 16.5. The molecule has 1 saturated carbocycles. The van der Waals surface area contributed by atoms with E-state index >= 15 is 0 Å². The number of benzene rings is 1. The van der Waals surface area contributed by atoms with Crippen LogP contribution in [0.1, 0.15) is 48.9 Å². The zero-order valence-corrected chi connectivity index (χ0v) is 16.1. The Labute approximate surface area is 156 Å². The minimum atomic E-state index is -0.173. The van der Waals surface area contributed by atoms with Crippen molar-refractivity contribution < 1.29 is 14.3 Å². The smallest absolute Gasteiger partial charge is 0.253 e. The third-order valence-electron chi connectivity index (χ3n) is 4.85. The molecule has 6 nitrogen and oxygen atoms in total. The number of methoxy groups -OCH3 is 1. The maximum Gasteiger partial charge on any atom is 0.253 e. The van der Waals surface area contributed by atoms with Crippen molar-refractivity contribution in [2.45, 2.75) is 38.5 Å². The second-order valence-corrected chi connectivity index (χ2v) is 7.11. The molecule has 2 amide bonds. The first-order valence-corrected chi connectivity index (χ1v) is 9.39. The van der Waals surface area contributed by atoms with Crippen molar-refractivity contribution in [3.63, 3.8) is 0 Å². The number of ether oxygens (including phenoxy) is 1. The minimum absolute atomic E-state index is 0.0141. The van der Waals surface area contributed by atoms with Crippen molar-refractivity contribution in [3.8, 4) is 0 Å². The molecule has 1 aromatic rings. The molecule has 0 atom stereocenters. The number of carbonyl (C=O) groups excluding carboxylic acids is 2. The molecule has 0 aromatic heterocycles. The van der Waals surface area contributed by atoms with E-state index in [2.05, 4.69) is 10.6 Å². The van der Waals surface area contributed by atoms with Gasteiger partial charge in [0.15, 0.2) is 0 Å². The number of rotatable bonds is 9. The SMILES string of the molecule is COCCNC(=O)c1cc(NC(=O)CCC2CCCC2)ccc1N(C)C. The van der Waals surface area contributed by atoms with Crippen LogP contribution in [0.5, 0.6) is 0 Å². The maximum absolute atomic E-state index is 12.5. The van der Waals surface area contributed by atoms with Gasteiger partial charge < -0.3 is 20.3 Å². The van der Waals surface area contributed by atoms with E-state index in [1.807, 2.05) is 31.1 Å². The standard InChI is InChI=1S/C20H31N3O3/c1-23(2)18-10-9-16(14-17(18)20(25)21-12-13-26-3)22-19(24)11-8-15-6-4-5-7-15/h9-10,14-15H,4-8,11-13H2,1-3H3,(H,21,25)(H,22,24). The number of nitrogens with one attached hydrogen (secondary N) is 2. The fraction of sp³-hybridized carbons (Fsp3) is 0.600. The van der Waals surface area contributed by atoms with E-state index in [4.69, 9.17) is 4.74 Å². The Kier molecular flexibility index (Phi) is 7.91. The van der Waals surface area contributed by atoms with Crippen molar-refractivity contribution in [1.29, 1.82) is 0 Å². The summed E-state index contributed by atoms with van der Waals surface area (Å²) in [5, 5.41) is 5.77. The highest BCUT2D eigenvalue weighted by molar-refractivity contribution is 6.02. The Hall–Kier alpha value is -2.08. The first-order chi connectivity index (χ1) is 12.5. The van der Waals surface area contributed by atoms with Gasteiger partial charge in [-0.25, -0.2) is 0 Å². The van der Waals surface area contributed by atoms with Gasteiger partial charge in [-0.2, -0.15) is 0 Å². The zero-order chi connectivity index (χ0) is 18.9. The fourth-order valence-corrected chi connectivity index (χ4v) is 3.41. The van der Waals surface area contributed by atoms with E-state index in [0.29, 0.717) is 36.7 Å². The van der Waals surface area contributed by atoms with Crippen LogP contribution in [0.3, 0.4) is 0 Å². The van der Waals surface area contributed by atoms with Gasteiger partial charge in [-0.1, -0.05) is 25.7 Å². The molecule has 6 heteroatoms. The number of amides is 2. The van der Waals surface area contributed by atoms with Gasteiger partial charge in [-0.3, -0.25) is 9.59 Å². The first-order valence-electron chi connectivity index (χ1n) is 9.39. The minimum Gasteiger partial charge on any atom is -0.383 e. The van der Waals surface area contributed by atoms with Crippen molar-refractivity contribution >= 4 is 23.2 Å². The second-order valence-electron chi connectivity index (χ2n) is 7.11. The van der Waals surface area contributed by atoms with Crippen LogP contribution >= 0.6 is 0 Å². The predicted octanol–water partition coefficient (Wildman–Crippen LogP) is 3.04. The van der Waals surface area contributed by atoms with Gasteiger partial charge in [0.2, 0.25) is 5.91 Å². The molecule has 144 valence electrons. The average molecular weight is 361 g/mol. The molecule has 0 unspecified atom stereocenters. The summed E-state index contributed by atoms with van der Waals surface area (Å²) in [7, 11) is 5.38. The topological polar surface area (TPSA) is 70.7 Å². The van der Waals surface area contributed by atoms with E-state index < -0.39 is 0 Å². The van der Waals surface area contributed by atoms with Gasteiger partial charge in [0, 0.05) is 45.5 Å². The Morgan fingerprint density at radius 3 is 2.62 bits per heavy atom. The van der Waals surface area contributed by atoms with E-state index in [1.54, 1.807) is 13.2 Å². The Balaban J connectivity index is 2.00. The molecule has 0 aliphatic heterocycles. The molecule has 1 aliphatic rings. The summed E-state index contributed by atoms with van der Waals surface area (Å²) in [6.45, 7) is 0.904. The van der Waals surface area contributed by atoms with Crippen molar-refractivity contribution in [2.75, 3.05) is 44.6 Å². The number of nitrogens with zero attached hydrogens (tertiary/aromatic N) is 1. The van der Waals surface area contributed by atoms with Gasteiger partial charge in [0.1, 0.15) is 0 Å². The first kappa shape index (κ1) is 20.2. The summed E-state index contributed by atoms with van der Waals surface area (Å²) < 4.78 is 4.97. The normalized spacial score (nSPS) is 14.3. The third kappa shape index (κ3) is 6.02. The van der Waals surface area contributed by atoms with Gasteiger partial charge in [0.25, 0.3) is 5.91 Å². The quantitative estimate of drug-likeness (QED) is 0.663. The molecule has 0 saturated heterocycles. The molecule has 1 aromatic carbocycles. The maximum atomic E-state index is 12.5. The van der Waals surface area contributed by atoms with E-state index in [-0.39, 0.29) is 11.8 Å². The second kappa shape index (κ2) is 10.2. The summed E-state index contributed by atoms with van der Waals surface area (Å²) in [5.41, 5.74) is 2.01. The summed E-state index contributed by atoms with van der Waals surface area (Å²) in [5.74, 6) is 0.534. The Morgan fingerprint density at radius 1 is 1.23 bits per heavy atom. The Bertz CT molecular complexity index is 610. The molecule has 0 bridgehead atoms. The highest BCUT2D eigenvalue weighted by Gasteiger charge is 2.17. The van der Waals surface area contributed by atoms with E-state index in [1.165, 1.54) is 25.7 Å². The van der Waals surface area contributed by atoms with Gasteiger partial charge in [-0.05, 0) is 30.5 Å². The summed E-state index contributed by atoms with van der Waals surface area (Å²) in [4.78, 5) is 26.6. The van der Waals surface area contributed by atoms with Gasteiger partial charge >= 0.3 is 0 Å². The van der Waals surface area contributed by atoms with Crippen LogP contribution in [0.4, 0.5) is 11.4 Å². The lowest BCUT2D eigenvalue weighted by molar-refractivity contribution is -0.116. The van der Waals surface area contributed by atoms with E-state index in [0.717, 1.165) is 12.1 Å². The average Bonchev–Trinajstić information content (AvgIpc) is 3.13. The lowest BCUT2D eigenvalue weighted by Crippen LogP contribution is -2.28. The molecule has 0 heterocycles. The summed E-state index contributed by atoms with van der Waals surface area (Å²) in [6.07, 6.45) is 6.56. The van der Waals surface area contributed by atoms with Crippen molar-refractivity contribution in [1.82, 2.24) is 5.32 Å². The monoisotopic (exact) mass is 361 g/mol. The van der Waals surface area contributed by atoms with Crippen LogP contribution in [-0.4, -0.2) is 46.2 Å². The van der Waals surface area contributed by atoms with Gasteiger partial charge in [0.05, 0.1) is 12.2 Å². The highest BCUT2D eigenvalue weighted by Crippen LogP contribution is 2.29. The third-order valence-corrected chi connectivity index (χ3v) is 4.85. The fourth-order valence-electron chi connectivity index (χ4n) is 3.41.